The SMILES string of the molecule is C[C@H](C(=O)N1CCn2c(nnc2C2CC2)C1)n1nnc2ccccc21. The molecule has 0 unspecified atom stereocenters. The van der Waals surface area contributed by atoms with E-state index in [2.05, 4.69) is 25.1 Å². The molecule has 8 heteroatoms. The summed E-state index contributed by atoms with van der Waals surface area (Å²) in [5.41, 5.74) is 1.68. The molecular weight excluding hydrogens is 318 g/mol. The van der Waals surface area contributed by atoms with Crippen LogP contribution in [0.25, 0.3) is 11.0 Å². The molecule has 25 heavy (non-hydrogen) atoms. The Kier molecular flexibility index (Phi) is 3.13. The first-order chi connectivity index (χ1) is 12.2. The lowest BCUT2D eigenvalue weighted by atomic mass is 10.2. The minimum Gasteiger partial charge on any atom is -0.332 e. The van der Waals surface area contributed by atoms with Crippen molar-refractivity contribution in [3.05, 3.63) is 35.9 Å². The molecule has 1 fully saturated rings. The number of aromatic nitrogens is 6. The number of amides is 1. The normalized spacial score (nSPS) is 18.4. The molecular formula is C17H19N7O. The Hall–Kier alpha value is -2.77. The van der Waals surface area contributed by atoms with Crippen LogP contribution in [0.5, 0.6) is 0 Å². The van der Waals surface area contributed by atoms with Crippen molar-refractivity contribution in [2.75, 3.05) is 6.54 Å². The third kappa shape index (κ3) is 2.32. The lowest BCUT2D eigenvalue weighted by molar-refractivity contribution is -0.136. The van der Waals surface area contributed by atoms with E-state index >= 15 is 0 Å². The minimum absolute atomic E-state index is 0.0397. The zero-order valence-electron chi connectivity index (χ0n) is 14.0. The maximum atomic E-state index is 13.0. The monoisotopic (exact) mass is 337 g/mol. The number of carbonyl (C=O) groups is 1. The van der Waals surface area contributed by atoms with Crippen molar-refractivity contribution in [2.24, 2.45) is 0 Å². The van der Waals surface area contributed by atoms with Crippen molar-refractivity contribution in [3.8, 4) is 0 Å². The average Bonchev–Trinajstić information content (AvgIpc) is 3.26. The van der Waals surface area contributed by atoms with Gasteiger partial charge in [0.25, 0.3) is 0 Å². The molecule has 2 aromatic heterocycles. The highest BCUT2D eigenvalue weighted by Crippen LogP contribution is 2.39. The van der Waals surface area contributed by atoms with Crippen LogP contribution < -0.4 is 0 Å². The number of para-hydroxylation sites is 1. The molecule has 128 valence electrons. The molecule has 3 heterocycles. The molecule has 3 aromatic rings. The second-order valence-corrected chi connectivity index (χ2v) is 6.86. The third-order valence-electron chi connectivity index (χ3n) is 5.14. The van der Waals surface area contributed by atoms with Gasteiger partial charge in [0.1, 0.15) is 17.4 Å². The van der Waals surface area contributed by atoms with Crippen molar-refractivity contribution >= 4 is 16.9 Å². The van der Waals surface area contributed by atoms with Gasteiger partial charge in [-0.05, 0) is 31.9 Å². The van der Waals surface area contributed by atoms with Gasteiger partial charge in [0.2, 0.25) is 5.91 Å². The largest absolute Gasteiger partial charge is 0.332 e. The molecule has 0 N–H and O–H groups in total. The fraction of sp³-hybridized carbons (Fsp3) is 0.471. The molecule has 1 saturated carbocycles. The molecule has 1 aliphatic heterocycles. The summed E-state index contributed by atoms with van der Waals surface area (Å²) < 4.78 is 3.89. The van der Waals surface area contributed by atoms with E-state index < -0.39 is 6.04 Å². The molecule has 5 rings (SSSR count). The van der Waals surface area contributed by atoms with Gasteiger partial charge in [-0.25, -0.2) is 4.68 Å². The van der Waals surface area contributed by atoms with Crippen LogP contribution in [0.2, 0.25) is 0 Å². The van der Waals surface area contributed by atoms with Crippen LogP contribution in [0.15, 0.2) is 24.3 Å². The average molecular weight is 337 g/mol. The van der Waals surface area contributed by atoms with E-state index in [1.807, 2.05) is 36.1 Å². The van der Waals surface area contributed by atoms with Crippen molar-refractivity contribution in [3.63, 3.8) is 0 Å². The first kappa shape index (κ1) is 14.6. The number of nitrogens with zero attached hydrogens (tertiary/aromatic N) is 7. The van der Waals surface area contributed by atoms with Crippen molar-refractivity contribution in [1.29, 1.82) is 0 Å². The summed E-state index contributed by atoms with van der Waals surface area (Å²) in [5.74, 6) is 2.59. The number of carbonyl (C=O) groups excluding carboxylic acids is 1. The molecule has 0 bridgehead atoms. The van der Waals surface area contributed by atoms with Gasteiger partial charge in [0, 0.05) is 19.0 Å². The summed E-state index contributed by atoms with van der Waals surface area (Å²) in [6, 6.07) is 7.29. The van der Waals surface area contributed by atoms with Crippen LogP contribution in [0.3, 0.4) is 0 Å². The lowest BCUT2D eigenvalue weighted by Gasteiger charge is -2.30. The van der Waals surface area contributed by atoms with Crippen molar-refractivity contribution in [2.45, 2.75) is 44.8 Å². The number of hydrogen-bond donors (Lipinski definition) is 0. The maximum Gasteiger partial charge on any atom is 0.247 e. The van der Waals surface area contributed by atoms with E-state index in [0.717, 1.165) is 29.2 Å². The first-order valence-electron chi connectivity index (χ1n) is 8.73. The second kappa shape index (κ2) is 5.37. The van der Waals surface area contributed by atoms with E-state index in [9.17, 15) is 4.79 Å². The Balaban J connectivity index is 1.39. The van der Waals surface area contributed by atoms with Gasteiger partial charge >= 0.3 is 0 Å². The van der Waals surface area contributed by atoms with Gasteiger partial charge in [-0.1, -0.05) is 17.3 Å². The highest BCUT2D eigenvalue weighted by atomic mass is 16.2. The summed E-state index contributed by atoms with van der Waals surface area (Å²) in [7, 11) is 0. The number of fused-ring (bicyclic) bond motifs is 2. The Morgan fingerprint density at radius 2 is 2.00 bits per heavy atom. The van der Waals surface area contributed by atoms with E-state index in [0.29, 0.717) is 19.0 Å². The Morgan fingerprint density at radius 3 is 2.84 bits per heavy atom. The smallest absolute Gasteiger partial charge is 0.247 e. The standard InChI is InChI=1S/C17H19N7O/c1-11(24-14-5-3-2-4-13(14)18-21-24)17(25)22-8-9-23-15(10-22)19-20-16(23)12-6-7-12/h2-5,11-12H,6-10H2,1H3/t11-/m1/s1. The molecule has 0 radical (unpaired) electrons. The molecule has 2 aliphatic rings. The third-order valence-corrected chi connectivity index (χ3v) is 5.14. The zero-order valence-corrected chi connectivity index (χ0v) is 14.0. The molecule has 1 aromatic carbocycles. The van der Waals surface area contributed by atoms with E-state index in [-0.39, 0.29) is 5.91 Å². The summed E-state index contributed by atoms with van der Waals surface area (Å²) in [6.07, 6.45) is 2.41. The second-order valence-electron chi connectivity index (χ2n) is 6.86. The van der Waals surface area contributed by atoms with E-state index in [4.69, 9.17) is 0 Å². The van der Waals surface area contributed by atoms with Gasteiger partial charge in [-0.3, -0.25) is 4.79 Å². The molecule has 1 amide bonds. The molecule has 1 aliphatic carbocycles. The van der Waals surface area contributed by atoms with Crippen LogP contribution in [0, 0.1) is 0 Å². The predicted octanol–water partition coefficient (Wildman–Crippen LogP) is 1.50. The fourth-order valence-corrected chi connectivity index (χ4v) is 3.55. The summed E-state index contributed by atoms with van der Waals surface area (Å²) >= 11 is 0. The van der Waals surface area contributed by atoms with Crippen LogP contribution >= 0.6 is 0 Å². The molecule has 8 nitrogen and oxygen atoms in total. The highest BCUT2D eigenvalue weighted by molar-refractivity contribution is 5.83. The van der Waals surface area contributed by atoms with E-state index in [1.54, 1.807) is 4.68 Å². The summed E-state index contributed by atoms with van der Waals surface area (Å²) in [6.45, 7) is 3.83. The zero-order chi connectivity index (χ0) is 17.0. The number of hydrogen-bond acceptors (Lipinski definition) is 5. The van der Waals surface area contributed by atoms with Crippen LogP contribution in [-0.4, -0.2) is 47.1 Å². The first-order valence-corrected chi connectivity index (χ1v) is 8.73. The van der Waals surface area contributed by atoms with Crippen molar-refractivity contribution < 1.29 is 4.79 Å². The minimum atomic E-state index is -0.398. The molecule has 1 atom stereocenters. The van der Waals surface area contributed by atoms with Crippen LogP contribution in [0.1, 0.15) is 43.4 Å². The quantitative estimate of drug-likeness (QED) is 0.723. The molecule has 0 spiro atoms. The number of benzene rings is 1. The predicted molar refractivity (Wildman–Crippen MR) is 89.7 cm³/mol. The Bertz CT molecular complexity index is 955. The maximum absolute atomic E-state index is 13.0. The topological polar surface area (TPSA) is 81.7 Å². The van der Waals surface area contributed by atoms with Gasteiger partial charge < -0.3 is 9.47 Å². The summed E-state index contributed by atoms with van der Waals surface area (Å²) in [4.78, 5) is 14.8. The van der Waals surface area contributed by atoms with Gasteiger partial charge in [-0.2, -0.15) is 0 Å². The van der Waals surface area contributed by atoms with Crippen molar-refractivity contribution in [1.82, 2.24) is 34.7 Å². The van der Waals surface area contributed by atoms with Gasteiger partial charge in [-0.15, -0.1) is 15.3 Å². The van der Waals surface area contributed by atoms with E-state index in [1.165, 1.54) is 12.8 Å². The molecule has 0 saturated heterocycles. The lowest BCUT2D eigenvalue weighted by Crippen LogP contribution is -2.42. The Labute approximate surface area is 144 Å². The fourth-order valence-electron chi connectivity index (χ4n) is 3.55. The van der Waals surface area contributed by atoms with Crippen LogP contribution in [-0.2, 0) is 17.9 Å². The number of rotatable bonds is 3. The highest BCUT2D eigenvalue weighted by Gasteiger charge is 2.34. The van der Waals surface area contributed by atoms with Gasteiger partial charge in [0.15, 0.2) is 5.82 Å². The summed E-state index contributed by atoms with van der Waals surface area (Å²) in [5, 5.41) is 17.0. The Morgan fingerprint density at radius 1 is 1.16 bits per heavy atom. The van der Waals surface area contributed by atoms with Gasteiger partial charge in [0.05, 0.1) is 12.1 Å². The van der Waals surface area contributed by atoms with Crippen LogP contribution in [0.4, 0.5) is 0 Å².